The van der Waals surface area contributed by atoms with E-state index in [1.165, 1.54) is 9.42 Å². The van der Waals surface area contributed by atoms with Crippen molar-refractivity contribution in [3.05, 3.63) is 92.9 Å². The fourth-order valence-corrected chi connectivity index (χ4v) is 3.11. The average Bonchev–Trinajstić information content (AvgIpc) is 3.20. The van der Waals surface area contributed by atoms with Gasteiger partial charge in [0.2, 0.25) is 5.95 Å². The van der Waals surface area contributed by atoms with Gasteiger partial charge in [-0.1, -0.05) is 30.3 Å². The number of rotatable bonds is 4. The summed E-state index contributed by atoms with van der Waals surface area (Å²) in [7, 11) is 0. The number of hydrogen-bond donors (Lipinski definition) is 1. The van der Waals surface area contributed by atoms with E-state index in [0.29, 0.717) is 22.4 Å². The van der Waals surface area contributed by atoms with Crippen molar-refractivity contribution in [1.82, 2.24) is 19.6 Å². The summed E-state index contributed by atoms with van der Waals surface area (Å²) in [5.41, 5.74) is 2.54. The van der Waals surface area contributed by atoms with E-state index >= 15 is 0 Å². The summed E-state index contributed by atoms with van der Waals surface area (Å²) in [5.74, 6) is 0.0917. The van der Waals surface area contributed by atoms with Crippen LogP contribution in [0.25, 0.3) is 5.78 Å². The maximum absolute atomic E-state index is 13.3. The molecule has 0 saturated carbocycles. The summed E-state index contributed by atoms with van der Waals surface area (Å²) >= 11 is 0. The Morgan fingerprint density at radius 2 is 1.90 bits per heavy atom. The maximum Gasteiger partial charge on any atom is 0.277 e. The summed E-state index contributed by atoms with van der Waals surface area (Å²) in [4.78, 5) is 36.0. The number of carbonyl (C=O) groups is 1. The van der Waals surface area contributed by atoms with Crippen molar-refractivity contribution in [2.24, 2.45) is 0 Å². The topological polar surface area (TPSA) is 107 Å². The predicted octanol–water partition coefficient (Wildman–Crippen LogP) is 2.75. The van der Waals surface area contributed by atoms with Crippen LogP contribution < -0.4 is 10.5 Å². The zero-order valence-corrected chi connectivity index (χ0v) is 16.5. The highest BCUT2D eigenvalue weighted by Crippen LogP contribution is 2.18. The number of amides is 1. The lowest BCUT2D eigenvalue weighted by molar-refractivity contribution is 0.0983. The first-order valence-electron chi connectivity index (χ1n) is 9.30. The van der Waals surface area contributed by atoms with Gasteiger partial charge in [0.1, 0.15) is 0 Å². The smallest absolute Gasteiger partial charge is 0.272 e. The fraction of sp³-hybridized carbons (Fsp3) is 0.136. The molecule has 2 heterocycles. The minimum atomic E-state index is -0.293. The molecule has 0 bridgehead atoms. The van der Waals surface area contributed by atoms with E-state index in [9.17, 15) is 14.9 Å². The van der Waals surface area contributed by atoms with Crippen LogP contribution in [0.1, 0.15) is 32.7 Å². The Bertz CT molecular complexity index is 1350. The molecule has 4 aromatic rings. The van der Waals surface area contributed by atoms with Crippen molar-refractivity contribution in [3.8, 4) is 6.07 Å². The van der Waals surface area contributed by atoms with E-state index in [1.54, 1.807) is 56.3 Å². The lowest BCUT2D eigenvalue weighted by atomic mass is 10.1. The molecule has 0 aliphatic heterocycles. The summed E-state index contributed by atoms with van der Waals surface area (Å²) in [6.45, 7) is 3.60. The molecule has 0 aliphatic carbocycles. The number of nitrogens with zero attached hydrogens (tertiary/aromatic N) is 5. The van der Waals surface area contributed by atoms with Gasteiger partial charge in [-0.15, -0.1) is 0 Å². The molecular formula is C22H18N6O2. The molecule has 2 aromatic carbocycles. The Labute approximate surface area is 172 Å². The quantitative estimate of drug-likeness (QED) is 0.569. The third-order valence-corrected chi connectivity index (χ3v) is 4.87. The number of H-pyrrole nitrogens is 1. The Morgan fingerprint density at radius 1 is 1.13 bits per heavy atom. The molecule has 0 atom stereocenters. The molecule has 8 heteroatoms. The van der Waals surface area contributed by atoms with Crippen LogP contribution in [0.15, 0.2) is 59.4 Å². The van der Waals surface area contributed by atoms with Crippen LogP contribution in [0.2, 0.25) is 0 Å². The van der Waals surface area contributed by atoms with Crippen molar-refractivity contribution >= 4 is 17.6 Å². The standard InChI is InChI=1S/C22H18N6O2/c1-14-15(2)24-21-25-22(26-28(21)19(14)29)27(20(30)18-9-4-3-5-10-18)13-17-8-6-7-16(11-17)12-23/h3-11H,13H2,1-2H3,(H,24,25,26). The van der Waals surface area contributed by atoms with Crippen LogP contribution in [0, 0.1) is 25.2 Å². The number of aromatic amines is 1. The summed E-state index contributed by atoms with van der Waals surface area (Å²) in [5, 5.41) is 12.1. The summed E-state index contributed by atoms with van der Waals surface area (Å²) < 4.78 is 1.23. The molecule has 2 aromatic heterocycles. The molecule has 30 heavy (non-hydrogen) atoms. The highest BCUT2D eigenvalue weighted by molar-refractivity contribution is 6.05. The minimum absolute atomic E-state index is 0.162. The fourth-order valence-electron chi connectivity index (χ4n) is 3.11. The molecule has 0 saturated heterocycles. The van der Waals surface area contributed by atoms with Crippen molar-refractivity contribution in [1.29, 1.82) is 5.26 Å². The first kappa shape index (κ1) is 19.1. The van der Waals surface area contributed by atoms with Crippen LogP contribution >= 0.6 is 0 Å². The van der Waals surface area contributed by atoms with Crippen molar-refractivity contribution in [2.45, 2.75) is 20.4 Å². The van der Waals surface area contributed by atoms with Gasteiger partial charge in [-0.3, -0.25) is 19.6 Å². The first-order valence-corrected chi connectivity index (χ1v) is 9.30. The van der Waals surface area contributed by atoms with E-state index in [4.69, 9.17) is 0 Å². The number of benzene rings is 2. The zero-order chi connectivity index (χ0) is 21.3. The molecule has 0 aliphatic rings. The van der Waals surface area contributed by atoms with Gasteiger partial charge in [0.25, 0.3) is 17.2 Å². The second kappa shape index (κ2) is 7.64. The van der Waals surface area contributed by atoms with Crippen molar-refractivity contribution < 1.29 is 4.79 Å². The van der Waals surface area contributed by atoms with Crippen LogP contribution in [0.3, 0.4) is 0 Å². The van der Waals surface area contributed by atoms with Gasteiger partial charge in [-0.05, 0) is 43.7 Å². The molecule has 0 fully saturated rings. The number of nitriles is 1. The van der Waals surface area contributed by atoms with Crippen LogP contribution in [0.4, 0.5) is 5.95 Å². The molecule has 1 N–H and O–H groups in total. The Kier molecular flexibility index (Phi) is 4.86. The number of anilines is 1. The summed E-state index contributed by atoms with van der Waals surface area (Å²) in [6, 6.07) is 17.9. The van der Waals surface area contributed by atoms with Crippen LogP contribution in [-0.2, 0) is 6.54 Å². The van der Waals surface area contributed by atoms with Crippen molar-refractivity contribution in [3.63, 3.8) is 0 Å². The average molecular weight is 398 g/mol. The lowest BCUT2D eigenvalue weighted by Gasteiger charge is -2.20. The number of aromatic nitrogens is 4. The van der Waals surface area contributed by atoms with Crippen LogP contribution in [0.5, 0.6) is 0 Å². The zero-order valence-electron chi connectivity index (χ0n) is 16.5. The van der Waals surface area contributed by atoms with E-state index in [0.717, 1.165) is 5.56 Å². The lowest BCUT2D eigenvalue weighted by Crippen LogP contribution is -2.31. The highest BCUT2D eigenvalue weighted by Gasteiger charge is 2.23. The number of nitrogens with one attached hydrogen (secondary N) is 1. The number of carbonyl (C=O) groups excluding carboxylic acids is 1. The van der Waals surface area contributed by atoms with E-state index < -0.39 is 0 Å². The first-order chi connectivity index (χ1) is 14.5. The Hall–Kier alpha value is -4.25. The highest BCUT2D eigenvalue weighted by atomic mass is 16.2. The maximum atomic E-state index is 13.3. The molecule has 0 radical (unpaired) electrons. The van der Waals surface area contributed by atoms with Gasteiger partial charge in [-0.2, -0.15) is 14.8 Å². The van der Waals surface area contributed by atoms with Crippen LogP contribution in [-0.4, -0.2) is 25.5 Å². The molecule has 8 nitrogen and oxygen atoms in total. The third kappa shape index (κ3) is 3.44. The van der Waals surface area contributed by atoms with Gasteiger partial charge in [0.15, 0.2) is 0 Å². The number of hydrogen-bond acceptors (Lipinski definition) is 5. The van der Waals surface area contributed by atoms with Gasteiger partial charge >= 0.3 is 0 Å². The largest absolute Gasteiger partial charge is 0.277 e. The van der Waals surface area contributed by atoms with E-state index in [1.807, 2.05) is 12.1 Å². The molecular weight excluding hydrogens is 380 g/mol. The minimum Gasteiger partial charge on any atom is -0.272 e. The predicted molar refractivity (Wildman–Crippen MR) is 111 cm³/mol. The second-order valence-corrected chi connectivity index (χ2v) is 6.88. The third-order valence-electron chi connectivity index (χ3n) is 4.87. The SMILES string of the molecule is Cc1nc2nc(N(Cc3cccc(C#N)c3)C(=O)c3ccccc3)[nH]n2c(=O)c1C. The van der Waals surface area contributed by atoms with Crippen molar-refractivity contribution in [2.75, 3.05) is 4.90 Å². The van der Waals surface area contributed by atoms with E-state index in [2.05, 4.69) is 21.1 Å². The Morgan fingerprint density at radius 3 is 2.63 bits per heavy atom. The van der Waals surface area contributed by atoms with Gasteiger partial charge in [-0.25, -0.2) is 4.98 Å². The van der Waals surface area contributed by atoms with Gasteiger partial charge < -0.3 is 0 Å². The molecule has 4 rings (SSSR count). The van der Waals surface area contributed by atoms with Gasteiger partial charge in [0, 0.05) is 16.8 Å². The summed E-state index contributed by atoms with van der Waals surface area (Å²) in [6.07, 6.45) is 0. The second-order valence-electron chi connectivity index (χ2n) is 6.88. The molecule has 0 spiro atoms. The monoisotopic (exact) mass is 398 g/mol. The normalized spacial score (nSPS) is 10.7. The number of aryl methyl sites for hydroxylation is 1. The van der Waals surface area contributed by atoms with Gasteiger partial charge in [0.05, 0.1) is 18.2 Å². The molecule has 148 valence electrons. The molecule has 0 unspecified atom stereocenters. The van der Waals surface area contributed by atoms with E-state index in [-0.39, 0.29) is 29.7 Å². The molecule has 1 amide bonds. The number of fused-ring (bicyclic) bond motifs is 1. The Balaban J connectivity index is 1.83.